The molecule has 3 rings (SSSR count). The molecule has 8 heteroatoms. The predicted octanol–water partition coefficient (Wildman–Crippen LogP) is -0.305. The molecule has 0 saturated carbocycles. The zero-order valence-corrected chi connectivity index (χ0v) is 13.9. The van der Waals surface area contributed by atoms with E-state index in [-0.39, 0.29) is 23.8 Å². The van der Waals surface area contributed by atoms with E-state index in [1.807, 2.05) is 0 Å². The summed E-state index contributed by atoms with van der Waals surface area (Å²) in [5.74, 6) is 0. The van der Waals surface area contributed by atoms with E-state index in [2.05, 4.69) is 9.88 Å². The molecular formula is C16H25N3O5. The van der Waals surface area contributed by atoms with Crippen LogP contribution in [0.1, 0.15) is 37.7 Å². The third kappa shape index (κ3) is 4.12. The lowest BCUT2D eigenvalue weighted by Crippen LogP contribution is -2.54. The van der Waals surface area contributed by atoms with Gasteiger partial charge in [0.15, 0.2) is 0 Å². The molecule has 2 fully saturated rings. The first-order valence-corrected chi connectivity index (χ1v) is 8.27. The van der Waals surface area contributed by atoms with Crippen molar-refractivity contribution in [3.63, 3.8) is 0 Å². The molecule has 1 unspecified atom stereocenters. The second-order valence-electron chi connectivity index (χ2n) is 6.44. The maximum Gasteiger partial charge on any atom is 0.328 e. The molecular weight excluding hydrogens is 314 g/mol. The lowest BCUT2D eigenvalue weighted by molar-refractivity contribution is -0.122. The van der Waals surface area contributed by atoms with E-state index in [0.29, 0.717) is 24.1 Å². The SMILES string of the molecule is Cn1c(=O)[nH]cc(CCN2[C@@H]3CCC[C@H]2CC(O)C3)c1=O.O=CO. The number of carboxylic acid groups (broad SMARTS) is 1. The van der Waals surface area contributed by atoms with Crippen molar-refractivity contribution in [3.8, 4) is 0 Å². The number of hydrogen-bond acceptors (Lipinski definition) is 5. The first kappa shape index (κ1) is 18.4. The summed E-state index contributed by atoms with van der Waals surface area (Å²) < 4.78 is 1.12. The Labute approximate surface area is 139 Å². The van der Waals surface area contributed by atoms with Crippen LogP contribution in [-0.2, 0) is 18.3 Å². The molecule has 0 aromatic carbocycles. The predicted molar refractivity (Wildman–Crippen MR) is 88.1 cm³/mol. The van der Waals surface area contributed by atoms with Crippen LogP contribution in [0.5, 0.6) is 0 Å². The van der Waals surface area contributed by atoms with E-state index in [1.165, 1.54) is 13.5 Å². The maximum atomic E-state index is 12.0. The molecule has 3 heterocycles. The fraction of sp³-hybridized carbons (Fsp3) is 0.688. The first-order chi connectivity index (χ1) is 11.5. The fourth-order valence-corrected chi connectivity index (χ4v) is 3.86. The Balaban J connectivity index is 0.000000647. The van der Waals surface area contributed by atoms with Crippen LogP contribution in [0.4, 0.5) is 0 Å². The number of nitrogens with zero attached hydrogens (tertiary/aromatic N) is 2. The quantitative estimate of drug-likeness (QED) is 0.651. The number of aromatic amines is 1. The van der Waals surface area contributed by atoms with Gasteiger partial charge in [0.1, 0.15) is 0 Å². The topological polar surface area (TPSA) is 116 Å². The zero-order valence-electron chi connectivity index (χ0n) is 13.9. The molecule has 8 nitrogen and oxygen atoms in total. The van der Waals surface area contributed by atoms with Gasteiger partial charge in [-0.15, -0.1) is 0 Å². The van der Waals surface area contributed by atoms with E-state index in [9.17, 15) is 14.7 Å². The molecule has 24 heavy (non-hydrogen) atoms. The number of nitrogens with one attached hydrogen (secondary N) is 1. The molecule has 0 amide bonds. The van der Waals surface area contributed by atoms with Crippen molar-refractivity contribution < 1.29 is 15.0 Å². The number of aliphatic hydroxyl groups is 1. The van der Waals surface area contributed by atoms with Crippen molar-refractivity contribution in [2.75, 3.05) is 6.54 Å². The molecule has 1 aromatic heterocycles. The van der Waals surface area contributed by atoms with Gasteiger partial charge in [0.25, 0.3) is 12.0 Å². The summed E-state index contributed by atoms with van der Waals surface area (Å²) in [6.45, 7) is 0.573. The normalized spacial score (nSPS) is 26.3. The third-order valence-electron chi connectivity index (χ3n) is 4.99. The van der Waals surface area contributed by atoms with Crippen LogP contribution in [-0.4, -0.2) is 55.9 Å². The number of carbonyl (C=O) groups is 1. The standard InChI is InChI=1S/C15H23N3O3.CH2O2/c1-17-14(20)10(9-16-15(17)21)5-6-18-11-3-2-4-12(18)8-13(19)7-11;2-1-3/h9,11-13,19H,2-8H2,1H3,(H,16,21);1H,(H,2,3)/t11-,12+,13?;. The van der Waals surface area contributed by atoms with Gasteiger partial charge in [-0.3, -0.25) is 19.1 Å². The minimum atomic E-state index is -0.373. The molecule has 0 spiro atoms. The summed E-state index contributed by atoms with van der Waals surface area (Å²) >= 11 is 0. The maximum absolute atomic E-state index is 12.0. The molecule has 0 radical (unpaired) electrons. The van der Waals surface area contributed by atoms with Crippen molar-refractivity contribution in [1.29, 1.82) is 0 Å². The summed E-state index contributed by atoms with van der Waals surface area (Å²) in [5, 5.41) is 16.8. The smallest absolute Gasteiger partial charge is 0.328 e. The van der Waals surface area contributed by atoms with Gasteiger partial charge in [0, 0.05) is 37.4 Å². The highest BCUT2D eigenvalue weighted by atomic mass is 16.3. The minimum Gasteiger partial charge on any atom is -0.483 e. The van der Waals surface area contributed by atoms with E-state index in [4.69, 9.17) is 9.90 Å². The third-order valence-corrected chi connectivity index (χ3v) is 4.99. The molecule has 2 bridgehead atoms. The Hall–Kier alpha value is -1.93. The van der Waals surface area contributed by atoms with Crippen molar-refractivity contribution in [1.82, 2.24) is 14.5 Å². The van der Waals surface area contributed by atoms with Crippen molar-refractivity contribution >= 4 is 6.47 Å². The van der Waals surface area contributed by atoms with Crippen LogP contribution in [0, 0.1) is 0 Å². The van der Waals surface area contributed by atoms with Crippen LogP contribution < -0.4 is 11.2 Å². The summed E-state index contributed by atoms with van der Waals surface area (Å²) in [6, 6.07) is 0.887. The second kappa shape index (κ2) is 8.25. The number of H-pyrrole nitrogens is 1. The number of hydrogen-bond donors (Lipinski definition) is 3. The number of aromatic nitrogens is 2. The van der Waals surface area contributed by atoms with Gasteiger partial charge in [0.2, 0.25) is 0 Å². The fourth-order valence-electron chi connectivity index (χ4n) is 3.86. The average molecular weight is 339 g/mol. The highest BCUT2D eigenvalue weighted by molar-refractivity contribution is 5.32. The number of fused-ring (bicyclic) bond motifs is 2. The van der Waals surface area contributed by atoms with Gasteiger partial charge in [-0.2, -0.15) is 0 Å². The van der Waals surface area contributed by atoms with Crippen molar-refractivity contribution in [3.05, 3.63) is 32.6 Å². The van der Waals surface area contributed by atoms with E-state index < -0.39 is 0 Å². The van der Waals surface area contributed by atoms with Crippen molar-refractivity contribution in [2.45, 2.75) is 56.7 Å². The monoisotopic (exact) mass is 339 g/mol. The lowest BCUT2D eigenvalue weighted by Gasteiger charge is -2.47. The summed E-state index contributed by atoms with van der Waals surface area (Å²) in [6.07, 6.45) is 7.22. The molecule has 2 aliphatic rings. The van der Waals surface area contributed by atoms with Gasteiger partial charge < -0.3 is 15.2 Å². The van der Waals surface area contributed by atoms with E-state index in [1.54, 1.807) is 6.20 Å². The molecule has 2 saturated heterocycles. The summed E-state index contributed by atoms with van der Waals surface area (Å²) in [7, 11) is 1.50. The highest BCUT2D eigenvalue weighted by Gasteiger charge is 2.37. The Morgan fingerprint density at radius 1 is 1.29 bits per heavy atom. The first-order valence-electron chi connectivity index (χ1n) is 8.27. The summed E-state index contributed by atoms with van der Waals surface area (Å²) in [5.41, 5.74) is 0.0731. The van der Waals surface area contributed by atoms with Crippen LogP contribution in [0.25, 0.3) is 0 Å². The molecule has 1 aromatic rings. The van der Waals surface area contributed by atoms with Crippen LogP contribution >= 0.6 is 0 Å². The summed E-state index contributed by atoms with van der Waals surface area (Å²) in [4.78, 5) is 36.8. The number of aliphatic hydroxyl groups excluding tert-OH is 1. The van der Waals surface area contributed by atoms with E-state index in [0.717, 1.165) is 36.8 Å². The highest BCUT2D eigenvalue weighted by Crippen LogP contribution is 2.33. The van der Waals surface area contributed by atoms with Gasteiger partial charge in [-0.25, -0.2) is 4.79 Å². The van der Waals surface area contributed by atoms with Crippen LogP contribution in [0.3, 0.4) is 0 Å². The van der Waals surface area contributed by atoms with Crippen molar-refractivity contribution in [2.24, 2.45) is 7.05 Å². The number of rotatable bonds is 3. The zero-order chi connectivity index (χ0) is 17.7. The van der Waals surface area contributed by atoms with Gasteiger partial charge in [-0.1, -0.05) is 6.42 Å². The Bertz CT molecular complexity index is 654. The Kier molecular flexibility index (Phi) is 6.33. The van der Waals surface area contributed by atoms with Gasteiger partial charge in [0.05, 0.1) is 6.10 Å². The lowest BCUT2D eigenvalue weighted by atomic mass is 9.83. The van der Waals surface area contributed by atoms with Crippen LogP contribution in [0.15, 0.2) is 15.8 Å². The molecule has 2 aliphatic heterocycles. The average Bonchev–Trinajstić information content (AvgIpc) is 2.53. The minimum absolute atomic E-state index is 0.169. The Morgan fingerprint density at radius 3 is 2.46 bits per heavy atom. The Morgan fingerprint density at radius 2 is 1.88 bits per heavy atom. The largest absolute Gasteiger partial charge is 0.483 e. The number of piperidine rings is 2. The van der Waals surface area contributed by atoms with Gasteiger partial charge >= 0.3 is 5.69 Å². The van der Waals surface area contributed by atoms with E-state index >= 15 is 0 Å². The van der Waals surface area contributed by atoms with Crippen LogP contribution in [0.2, 0.25) is 0 Å². The molecule has 134 valence electrons. The molecule has 0 aliphatic carbocycles. The van der Waals surface area contributed by atoms with Gasteiger partial charge in [-0.05, 0) is 32.1 Å². The molecule has 3 N–H and O–H groups in total. The second-order valence-corrected chi connectivity index (χ2v) is 6.44. The molecule has 3 atom stereocenters.